The van der Waals surface area contributed by atoms with Crippen molar-refractivity contribution in [3.8, 4) is 5.75 Å². The van der Waals surface area contributed by atoms with Gasteiger partial charge in [0, 0.05) is 49.7 Å². The fourth-order valence-corrected chi connectivity index (χ4v) is 6.63. The number of aromatic hydroxyl groups is 1. The monoisotopic (exact) mass is 620 g/mol. The molecule has 0 saturated carbocycles. The Bertz CT molecular complexity index is 1720. The second kappa shape index (κ2) is 13.5. The van der Waals surface area contributed by atoms with Crippen molar-refractivity contribution in [2.45, 2.75) is 51.6 Å². The fourth-order valence-electron chi connectivity index (χ4n) is 6.63. The molecule has 2 N–H and O–H groups in total. The molecule has 0 bridgehead atoms. The van der Waals surface area contributed by atoms with Gasteiger partial charge in [-0.25, -0.2) is 14.8 Å². The maximum absolute atomic E-state index is 14.4. The van der Waals surface area contributed by atoms with Crippen LogP contribution < -0.4 is 5.32 Å². The van der Waals surface area contributed by atoms with E-state index in [0.29, 0.717) is 13.1 Å². The molecule has 46 heavy (non-hydrogen) atoms. The standard InChI is InChI=1S/C36H40N6O4/c1-3-18-38-22-28(30-12-8-9-13-31(30)38)23-39-24-33-41(32(35(39)45)20-26-14-16-29(43)17-15-26)34(44)25-40(19-4-2)42(33)36(46)37-21-27-10-6-5-7-11-27/h4-17,22,32-33,43H,2-3,18-21,23-25H2,1H3,(H,37,46). The number of piperazine rings is 1. The summed E-state index contributed by atoms with van der Waals surface area (Å²) >= 11 is 0. The van der Waals surface area contributed by atoms with Crippen molar-refractivity contribution < 1.29 is 19.5 Å². The summed E-state index contributed by atoms with van der Waals surface area (Å²) in [6.07, 6.45) is 4.27. The van der Waals surface area contributed by atoms with Gasteiger partial charge in [-0.2, -0.15) is 0 Å². The number of hydrogen-bond acceptors (Lipinski definition) is 5. The quantitative estimate of drug-likeness (QED) is 0.255. The molecule has 2 aliphatic rings. The Morgan fingerprint density at radius 3 is 2.48 bits per heavy atom. The first kappa shape index (κ1) is 30.9. The number of phenolic OH excluding ortho intramolecular Hbond substituents is 1. The van der Waals surface area contributed by atoms with Crippen molar-refractivity contribution in [3.05, 3.63) is 114 Å². The molecule has 10 nitrogen and oxygen atoms in total. The SMILES string of the molecule is C=CCN1CC(=O)N2C(Cc3ccc(O)cc3)C(=O)N(Cc3cn(CCC)c4ccccc34)CC2N1C(=O)NCc1ccccc1. The van der Waals surface area contributed by atoms with Crippen molar-refractivity contribution in [2.24, 2.45) is 0 Å². The Hall–Kier alpha value is -5.09. The third kappa shape index (κ3) is 6.21. The highest BCUT2D eigenvalue weighted by Gasteiger charge is 2.51. The van der Waals surface area contributed by atoms with Gasteiger partial charge in [0.15, 0.2) is 0 Å². The first-order valence-electron chi connectivity index (χ1n) is 15.8. The second-order valence-corrected chi connectivity index (χ2v) is 11.9. The number of aryl methyl sites for hydroxylation is 1. The van der Waals surface area contributed by atoms with Crippen LogP contribution in [0.1, 0.15) is 30.0 Å². The van der Waals surface area contributed by atoms with Crippen LogP contribution in [0.25, 0.3) is 10.9 Å². The number of phenols is 1. The van der Waals surface area contributed by atoms with Crippen LogP contribution in [0.15, 0.2) is 97.7 Å². The van der Waals surface area contributed by atoms with E-state index < -0.39 is 12.2 Å². The van der Waals surface area contributed by atoms with Gasteiger partial charge in [-0.15, -0.1) is 6.58 Å². The number of fused-ring (bicyclic) bond motifs is 2. The third-order valence-electron chi connectivity index (χ3n) is 8.73. The maximum Gasteiger partial charge on any atom is 0.334 e. The molecular formula is C36H40N6O4. The number of urea groups is 1. The average Bonchev–Trinajstić information content (AvgIpc) is 3.40. The van der Waals surface area contributed by atoms with Gasteiger partial charge < -0.3 is 24.8 Å². The van der Waals surface area contributed by atoms with E-state index in [1.807, 2.05) is 42.5 Å². The molecular weight excluding hydrogens is 580 g/mol. The topological polar surface area (TPSA) is 101 Å². The Morgan fingerprint density at radius 1 is 1.00 bits per heavy atom. The van der Waals surface area contributed by atoms with Gasteiger partial charge in [-0.1, -0.05) is 73.7 Å². The maximum atomic E-state index is 14.4. The first-order chi connectivity index (χ1) is 22.4. The fraction of sp³-hybridized carbons (Fsp3) is 0.306. The van der Waals surface area contributed by atoms with E-state index in [0.717, 1.165) is 40.6 Å². The van der Waals surface area contributed by atoms with Gasteiger partial charge in [0.25, 0.3) is 0 Å². The van der Waals surface area contributed by atoms with Crippen LogP contribution in [0.5, 0.6) is 5.75 Å². The summed E-state index contributed by atoms with van der Waals surface area (Å²) in [5.41, 5.74) is 3.88. The van der Waals surface area contributed by atoms with E-state index >= 15 is 0 Å². The zero-order chi connectivity index (χ0) is 32.2. The molecule has 4 aromatic rings. The van der Waals surface area contributed by atoms with Crippen LogP contribution in [-0.4, -0.2) is 79.2 Å². The summed E-state index contributed by atoms with van der Waals surface area (Å²) in [6.45, 7) is 7.88. The molecule has 2 aliphatic heterocycles. The highest BCUT2D eigenvalue weighted by molar-refractivity contribution is 5.92. The molecule has 1 aromatic heterocycles. The molecule has 4 amide bonds. The predicted molar refractivity (Wildman–Crippen MR) is 176 cm³/mol. The van der Waals surface area contributed by atoms with Gasteiger partial charge in [0.05, 0.1) is 13.1 Å². The van der Waals surface area contributed by atoms with E-state index in [9.17, 15) is 19.5 Å². The number of benzene rings is 3. The van der Waals surface area contributed by atoms with E-state index in [-0.39, 0.29) is 49.7 Å². The summed E-state index contributed by atoms with van der Waals surface area (Å²) in [5, 5.41) is 17.3. The van der Waals surface area contributed by atoms with Crippen LogP contribution in [0.3, 0.4) is 0 Å². The van der Waals surface area contributed by atoms with Crippen molar-refractivity contribution in [1.82, 2.24) is 29.7 Å². The molecule has 2 saturated heterocycles. The molecule has 0 radical (unpaired) electrons. The number of nitrogens with zero attached hydrogens (tertiary/aromatic N) is 5. The molecule has 238 valence electrons. The molecule has 2 atom stereocenters. The van der Waals surface area contributed by atoms with Crippen molar-refractivity contribution in [3.63, 3.8) is 0 Å². The zero-order valence-electron chi connectivity index (χ0n) is 26.1. The minimum absolute atomic E-state index is 0.0643. The Morgan fingerprint density at radius 2 is 1.74 bits per heavy atom. The zero-order valence-corrected chi connectivity index (χ0v) is 26.1. The lowest BCUT2D eigenvalue weighted by atomic mass is 9.98. The van der Waals surface area contributed by atoms with E-state index in [2.05, 4.69) is 41.7 Å². The molecule has 2 fully saturated rings. The van der Waals surface area contributed by atoms with Gasteiger partial charge in [0.2, 0.25) is 11.8 Å². The lowest BCUT2D eigenvalue weighted by Crippen LogP contribution is -2.76. The molecule has 2 unspecified atom stereocenters. The molecule has 3 aromatic carbocycles. The Labute approximate surface area is 269 Å². The molecule has 6 rings (SSSR count). The number of nitrogens with one attached hydrogen (secondary N) is 1. The van der Waals surface area contributed by atoms with Gasteiger partial charge >= 0.3 is 6.03 Å². The first-order valence-corrected chi connectivity index (χ1v) is 15.8. The lowest BCUT2D eigenvalue weighted by molar-refractivity contribution is -0.189. The molecule has 3 heterocycles. The minimum atomic E-state index is -0.838. The molecule has 10 heteroatoms. The second-order valence-electron chi connectivity index (χ2n) is 11.9. The number of carbonyl (C=O) groups is 3. The smallest absolute Gasteiger partial charge is 0.334 e. The van der Waals surface area contributed by atoms with Crippen LogP contribution in [0.4, 0.5) is 4.79 Å². The summed E-state index contributed by atoms with van der Waals surface area (Å²) < 4.78 is 2.22. The Balaban J connectivity index is 1.37. The number of aromatic nitrogens is 1. The molecule has 0 aliphatic carbocycles. The van der Waals surface area contributed by atoms with Crippen LogP contribution in [0.2, 0.25) is 0 Å². The Kier molecular flexibility index (Phi) is 9.07. The molecule has 0 spiro atoms. The normalized spacial score (nSPS) is 18.6. The van der Waals surface area contributed by atoms with Crippen molar-refractivity contribution in [2.75, 3.05) is 19.6 Å². The van der Waals surface area contributed by atoms with E-state index in [1.165, 1.54) is 0 Å². The highest BCUT2D eigenvalue weighted by Crippen LogP contribution is 2.31. The van der Waals surface area contributed by atoms with Gasteiger partial charge in [0.1, 0.15) is 18.0 Å². The number of amides is 4. The summed E-state index contributed by atoms with van der Waals surface area (Å²) in [5.74, 6) is -0.279. The largest absolute Gasteiger partial charge is 0.508 e. The predicted octanol–water partition coefficient (Wildman–Crippen LogP) is 4.49. The van der Waals surface area contributed by atoms with Gasteiger partial charge in [-0.3, -0.25) is 9.59 Å². The average molecular weight is 621 g/mol. The van der Waals surface area contributed by atoms with Crippen molar-refractivity contribution >= 4 is 28.7 Å². The highest BCUT2D eigenvalue weighted by atomic mass is 16.3. The van der Waals surface area contributed by atoms with Crippen LogP contribution in [-0.2, 0) is 35.6 Å². The van der Waals surface area contributed by atoms with Gasteiger partial charge in [-0.05, 0) is 41.3 Å². The lowest BCUT2D eigenvalue weighted by Gasteiger charge is -2.55. The van der Waals surface area contributed by atoms with E-state index in [1.54, 1.807) is 50.2 Å². The third-order valence-corrected chi connectivity index (χ3v) is 8.73. The summed E-state index contributed by atoms with van der Waals surface area (Å²) in [6, 6.07) is 23.3. The number of carbonyl (C=O) groups excluding carboxylic acids is 3. The number of rotatable bonds is 10. The van der Waals surface area contributed by atoms with Crippen LogP contribution in [0, 0.1) is 0 Å². The van der Waals surface area contributed by atoms with E-state index in [4.69, 9.17) is 0 Å². The minimum Gasteiger partial charge on any atom is -0.508 e. The number of hydrazine groups is 1. The summed E-state index contributed by atoms with van der Waals surface area (Å²) in [7, 11) is 0. The summed E-state index contributed by atoms with van der Waals surface area (Å²) in [4.78, 5) is 45.6. The van der Waals surface area contributed by atoms with Crippen molar-refractivity contribution in [1.29, 1.82) is 0 Å². The number of para-hydroxylation sites is 1. The number of hydrogen-bond donors (Lipinski definition) is 2. The van der Waals surface area contributed by atoms with Crippen LogP contribution >= 0.6 is 0 Å².